The molecule has 3 N–H and O–H groups in total. The molecule has 1 heterocycles. The second-order valence-electron chi connectivity index (χ2n) is 4.28. The summed E-state index contributed by atoms with van der Waals surface area (Å²) in [6, 6.07) is 6.70. The highest BCUT2D eigenvalue weighted by atomic mass is 79.9. The van der Waals surface area contributed by atoms with Crippen molar-refractivity contribution in [2.75, 3.05) is 13.1 Å². The quantitative estimate of drug-likeness (QED) is 0.361. The Balaban J connectivity index is 2.38. The summed E-state index contributed by atoms with van der Waals surface area (Å²) in [5.41, 5.74) is 15.1. The van der Waals surface area contributed by atoms with E-state index in [1.165, 1.54) is 0 Å². The topological polar surface area (TPSA) is 117 Å². The standard InChI is InChI=1S/C13H13BrN6O/c14-10-4-3-9(11-8(10)2-1-5-17-11)12(13(15)21)18-6-7-19-20-16/h1-5,12,18H,6-7H2,(H2,15,21). The van der Waals surface area contributed by atoms with Crippen molar-refractivity contribution in [3.05, 3.63) is 50.9 Å². The van der Waals surface area contributed by atoms with E-state index >= 15 is 0 Å². The van der Waals surface area contributed by atoms with E-state index in [-0.39, 0.29) is 6.54 Å². The number of hydrogen-bond acceptors (Lipinski definition) is 4. The van der Waals surface area contributed by atoms with E-state index in [2.05, 4.69) is 36.3 Å². The van der Waals surface area contributed by atoms with Crippen LogP contribution < -0.4 is 11.1 Å². The van der Waals surface area contributed by atoms with Gasteiger partial charge in [-0.15, -0.1) is 0 Å². The van der Waals surface area contributed by atoms with Gasteiger partial charge in [0.1, 0.15) is 6.04 Å². The smallest absolute Gasteiger partial charge is 0.239 e. The number of azide groups is 1. The lowest BCUT2D eigenvalue weighted by molar-refractivity contribution is -0.120. The lowest BCUT2D eigenvalue weighted by atomic mass is 10.0. The van der Waals surface area contributed by atoms with Crippen molar-refractivity contribution >= 4 is 32.7 Å². The monoisotopic (exact) mass is 348 g/mol. The molecule has 1 amide bonds. The molecule has 1 aromatic carbocycles. The van der Waals surface area contributed by atoms with Gasteiger partial charge in [-0.05, 0) is 17.7 Å². The summed E-state index contributed by atoms with van der Waals surface area (Å²) >= 11 is 3.46. The Morgan fingerprint density at radius 3 is 3.05 bits per heavy atom. The summed E-state index contributed by atoms with van der Waals surface area (Å²) in [7, 11) is 0. The van der Waals surface area contributed by atoms with Crippen LogP contribution in [0.25, 0.3) is 21.3 Å². The Hall–Kier alpha value is -2.15. The van der Waals surface area contributed by atoms with Crippen molar-refractivity contribution in [3.63, 3.8) is 0 Å². The summed E-state index contributed by atoms with van der Waals surface area (Å²) in [6.07, 6.45) is 1.66. The molecular formula is C13H13BrN6O. The van der Waals surface area contributed by atoms with Gasteiger partial charge in [0.2, 0.25) is 5.91 Å². The number of carbonyl (C=O) groups is 1. The number of benzene rings is 1. The summed E-state index contributed by atoms with van der Waals surface area (Å²) in [5, 5.41) is 7.30. The highest BCUT2D eigenvalue weighted by Gasteiger charge is 2.20. The number of halogens is 1. The van der Waals surface area contributed by atoms with Gasteiger partial charge in [0.15, 0.2) is 0 Å². The number of nitrogens with two attached hydrogens (primary N) is 1. The molecule has 0 aliphatic carbocycles. The molecule has 0 bridgehead atoms. The highest BCUT2D eigenvalue weighted by Crippen LogP contribution is 2.28. The second-order valence-corrected chi connectivity index (χ2v) is 5.13. The Kier molecular flexibility index (Phi) is 5.10. The normalized spacial score (nSPS) is 11.9. The molecule has 0 saturated heterocycles. The fraction of sp³-hybridized carbons (Fsp3) is 0.231. The molecule has 108 valence electrons. The van der Waals surface area contributed by atoms with Crippen LogP contribution in [0.5, 0.6) is 0 Å². The second kappa shape index (κ2) is 7.03. The number of hydrogen-bond donors (Lipinski definition) is 2. The summed E-state index contributed by atoms with van der Waals surface area (Å²) in [6.45, 7) is 0.588. The number of primary amides is 1. The Bertz CT molecular complexity index is 713. The first kappa shape index (κ1) is 15.2. The third-order valence-corrected chi connectivity index (χ3v) is 3.66. The molecule has 21 heavy (non-hydrogen) atoms. The van der Waals surface area contributed by atoms with Crippen molar-refractivity contribution < 1.29 is 4.79 Å². The molecular weight excluding hydrogens is 336 g/mol. The maximum Gasteiger partial charge on any atom is 0.239 e. The van der Waals surface area contributed by atoms with Crippen molar-refractivity contribution in [1.29, 1.82) is 0 Å². The zero-order valence-electron chi connectivity index (χ0n) is 11.0. The Labute approximate surface area is 129 Å². The predicted molar refractivity (Wildman–Crippen MR) is 83.4 cm³/mol. The fourth-order valence-electron chi connectivity index (χ4n) is 2.06. The summed E-state index contributed by atoms with van der Waals surface area (Å²) in [4.78, 5) is 18.7. The Morgan fingerprint density at radius 2 is 2.33 bits per heavy atom. The molecule has 0 radical (unpaired) electrons. The van der Waals surface area contributed by atoms with Crippen LogP contribution in [0.1, 0.15) is 11.6 Å². The van der Waals surface area contributed by atoms with Crippen molar-refractivity contribution in [2.45, 2.75) is 6.04 Å². The van der Waals surface area contributed by atoms with Crippen LogP contribution in [0.3, 0.4) is 0 Å². The minimum absolute atomic E-state index is 0.238. The maximum absolute atomic E-state index is 11.7. The van der Waals surface area contributed by atoms with Gasteiger partial charge in [-0.3, -0.25) is 9.78 Å². The number of amides is 1. The number of pyridine rings is 1. The van der Waals surface area contributed by atoms with Gasteiger partial charge in [0, 0.05) is 39.6 Å². The van der Waals surface area contributed by atoms with Crippen LogP contribution in [-0.2, 0) is 4.79 Å². The lowest BCUT2D eigenvalue weighted by Gasteiger charge is -2.17. The van der Waals surface area contributed by atoms with Gasteiger partial charge in [0.25, 0.3) is 0 Å². The van der Waals surface area contributed by atoms with E-state index in [0.29, 0.717) is 17.6 Å². The zero-order valence-corrected chi connectivity index (χ0v) is 12.6. The molecule has 8 heteroatoms. The number of nitrogens with zero attached hydrogens (tertiary/aromatic N) is 4. The molecule has 1 unspecified atom stereocenters. The maximum atomic E-state index is 11.7. The molecule has 7 nitrogen and oxygen atoms in total. The van der Waals surface area contributed by atoms with Crippen LogP contribution >= 0.6 is 15.9 Å². The largest absolute Gasteiger partial charge is 0.368 e. The van der Waals surface area contributed by atoms with Gasteiger partial charge < -0.3 is 11.1 Å². The first-order valence-electron chi connectivity index (χ1n) is 6.22. The minimum atomic E-state index is -0.690. The van der Waals surface area contributed by atoms with Gasteiger partial charge in [-0.25, -0.2) is 0 Å². The van der Waals surface area contributed by atoms with Crippen LogP contribution in [-0.4, -0.2) is 24.0 Å². The number of rotatable bonds is 6. The van der Waals surface area contributed by atoms with Crippen LogP contribution in [0.2, 0.25) is 0 Å². The molecule has 0 aliphatic heterocycles. The van der Waals surface area contributed by atoms with E-state index < -0.39 is 11.9 Å². The van der Waals surface area contributed by atoms with Crippen LogP contribution in [0.4, 0.5) is 0 Å². The van der Waals surface area contributed by atoms with Gasteiger partial charge in [-0.1, -0.05) is 33.2 Å². The minimum Gasteiger partial charge on any atom is -0.368 e. The van der Waals surface area contributed by atoms with Gasteiger partial charge >= 0.3 is 0 Å². The van der Waals surface area contributed by atoms with Gasteiger partial charge in [0.05, 0.1) is 5.52 Å². The molecule has 2 aromatic rings. The van der Waals surface area contributed by atoms with Gasteiger partial charge in [-0.2, -0.15) is 0 Å². The SMILES string of the molecule is [N-]=[N+]=NCCNC(C(N)=O)c1ccc(Br)c2cccnc12. The Morgan fingerprint density at radius 1 is 1.52 bits per heavy atom. The number of fused-ring (bicyclic) bond motifs is 1. The van der Waals surface area contributed by atoms with E-state index in [1.807, 2.05) is 18.2 Å². The predicted octanol–water partition coefficient (Wildman–Crippen LogP) is 2.42. The number of aromatic nitrogens is 1. The molecule has 0 fully saturated rings. The molecule has 1 aromatic heterocycles. The molecule has 0 spiro atoms. The average Bonchev–Trinajstić information content (AvgIpc) is 2.49. The molecule has 0 aliphatic rings. The fourth-order valence-corrected chi connectivity index (χ4v) is 2.51. The van der Waals surface area contributed by atoms with Crippen molar-refractivity contribution in [3.8, 4) is 0 Å². The van der Waals surface area contributed by atoms with Crippen LogP contribution in [0.15, 0.2) is 40.0 Å². The summed E-state index contributed by atoms with van der Waals surface area (Å²) in [5.74, 6) is -0.509. The highest BCUT2D eigenvalue weighted by molar-refractivity contribution is 9.10. The molecule has 1 atom stereocenters. The lowest BCUT2D eigenvalue weighted by Crippen LogP contribution is -2.35. The van der Waals surface area contributed by atoms with Crippen molar-refractivity contribution in [1.82, 2.24) is 10.3 Å². The third-order valence-electron chi connectivity index (χ3n) is 2.97. The number of carbonyl (C=O) groups excluding carboxylic acids is 1. The third kappa shape index (κ3) is 3.49. The molecule has 2 rings (SSSR count). The summed E-state index contributed by atoms with van der Waals surface area (Å²) < 4.78 is 0.895. The molecule has 0 saturated carbocycles. The van der Waals surface area contributed by atoms with Crippen molar-refractivity contribution in [2.24, 2.45) is 10.8 Å². The van der Waals surface area contributed by atoms with Crippen LogP contribution in [0, 0.1) is 0 Å². The average molecular weight is 349 g/mol. The first-order chi connectivity index (χ1) is 10.1. The number of nitrogens with one attached hydrogen (secondary N) is 1. The van der Waals surface area contributed by atoms with E-state index in [0.717, 1.165) is 9.86 Å². The zero-order chi connectivity index (χ0) is 15.2. The van der Waals surface area contributed by atoms with E-state index in [1.54, 1.807) is 12.3 Å². The first-order valence-corrected chi connectivity index (χ1v) is 7.01. The van der Waals surface area contributed by atoms with E-state index in [4.69, 9.17) is 11.3 Å². The van der Waals surface area contributed by atoms with E-state index in [9.17, 15) is 4.79 Å².